The van der Waals surface area contributed by atoms with Gasteiger partial charge in [0, 0.05) is 18.8 Å². The highest BCUT2D eigenvalue weighted by molar-refractivity contribution is 6.39. The molecule has 1 fully saturated rings. The molecule has 2 atom stereocenters. The Morgan fingerprint density at radius 2 is 1.41 bits per heavy atom. The van der Waals surface area contributed by atoms with Crippen LogP contribution in [0.1, 0.15) is 25.0 Å². The van der Waals surface area contributed by atoms with Crippen molar-refractivity contribution in [3.63, 3.8) is 0 Å². The molecule has 0 bridgehead atoms. The van der Waals surface area contributed by atoms with Gasteiger partial charge in [-0.1, -0.05) is 0 Å². The number of carbonyl (C=O) groups excluding carboxylic acids is 2. The highest BCUT2D eigenvalue weighted by Crippen LogP contribution is 2.37. The van der Waals surface area contributed by atoms with Gasteiger partial charge in [-0.3, -0.25) is 9.59 Å². The van der Waals surface area contributed by atoms with Gasteiger partial charge in [0.1, 0.15) is 0 Å². The average molecular weight is 398 g/mol. The number of nitrogens with zero attached hydrogens (tertiary/aromatic N) is 1. The summed E-state index contributed by atoms with van der Waals surface area (Å²) in [6.07, 6.45) is -10.8. The molecule has 0 radical (unpaired) electrons. The molecule has 150 valence electrons. The van der Waals surface area contributed by atoms with Crippen LogP contribution in [0.25, 0.3) is 0 Å². The smallest absolute Gasteiger partial charge is 0.372 e. The number of alkyl halides is 6. The minimum Gasteiger partial charge on any atom is -0.372 e. The Bertz CT molecular complexity index is 690. The molecule has 1 heterocycles. The highest BCUT2D eigenvalue weighted by atomic mass is 19.4. The van der Waals surface area contributed by atoms with Crippen molar-refractivity contribution in [2.24, 2.45) is 0 Å². The Hall–Kier alpha value is -2.30. The van der Waals surface area contributed by atoms with Crippen LogP contribution in [-0.2, 0) is 26.7 Å². The molecular weight excluding hydrogens is 382 g/mol. The molecule has 11 heteroatoms. The molecule has 1 aromatic carbocycles. The lowest BCUT2D eigenvalue weighted by Crippen LogP contribution is -2.51. The fourth-order valence-electron chi connectivity index (χ4n) is 2.70. The summed E-state index contributed by atoms with van der Waals surface area (Å²) in [5, 5.41) is 1.82. The topological polar surface area (TPSA) is 58.6 Å². The van der Waals surface area contributed by atoms with Gasteiger partial charge in [-0.05, 0) is 32.0 Å². The molecule has 5 nitrogen and oxygen atoms in total. The van der Waals surface area contributed by atoms with Crippen LogP contribution in [0.3, 0.4) is 0 Å². The maximum absolute atomic E-state index is 12.8. The van der Waals surface area contributed by atoms with Crippen molar-refractivity contribution in [3.8, 4) is 0 Å². The Morgan fingerprint density at radius 1 is 0.963 bits per heavy atom. The van der Waals surface area contributed by atoms with Crippen LogP contribution in [-0.4, -0.2) is 42.0 Å². The summed E-state index contributed by atoms with van der Waals surface area (Å²) in [6, 6.07) is 0.610. The van der Waals surface area contributed by atoms with Gasteiger partial charge in [0.05, 0.1) is 23.3 Å². The highest BCUT2D eigenvalue weighted by Gasteiger charge is 2.37. The van der Waals surface area contributed by atoms with E-state index >= 15 is 0 Å². The normalized spacial score (nSPS) is 21.1. The Labute approximate surface area is 150 Å². The lowest BCUT2D eigenvalue weighted by Gasteiger charge is -2.34. The number of ether oxygens (including phenoxy) is 1. The molecule has 1 N–H and O–H groups in total. The van der Waals surface area contributed by atoms with Gasteiger partial charge in [-0.15, -0.1) is 0 Å². The summed E-state index contributed by atoms with van der Waals surface area (Å²) < 4.78 is 82.4. The fraction of sp³-hybridized carbons (Fsp3) is 0.500. The van der Waals surface area contributed by atoms with E-state index in [0.717, 1.165) is 4.90 Å². The summed E-state index contributed by atoms with van der Waals surface area (Å²) in [4.78, 5) is 25.3. The first-order valence-corrected chi connectivity index (χ1v) is 7.82. The predicted octanol–water partition coefficient (Wildman–Crippen LogP) is 3.30. The molecule has 0 unspecified atom stereocenters. The lowest BCUT2D eigenvalue weighted by atomic mass is 10.1. The molecule has 0 aromatic heterocycles. The number of morpholine rings is 1. The molecular formula is C16H16F6N2O3. The van der Waals surface area contributed by atoms with Crippen molar-refractivity contribution < 1.29 is 40.7 Å². The quantitative estimate of drug-likeness (QED) is 0.584. The molecule has 2 rings (SSSR count). The maximum Gasteiger partial charge on any atom is 0.416 e. The summed E-state index contributed by atoms with van der Waals surface area (Å²) >= 11 is 0. The first kappa shape index (κ1) is 21.0. The zero-order valence-electron chi connectivity index (χ0n) is 14.2. The van der Waals surface area contributed by atoms with Gasteiger partial charge in [-0.25, -0.2) is 0 Å². The fourth-order valence-corrected chi connectivity index (χ4v) is 2.70. The summed E-state index contributed by atoms with van der Waals surface area (Å²) in [7, 11) is 0. The zero-order chi connectivity index (χ0) is 20.6. The standard InChI is InChI=1S/C16H16F6N2O3/c1-8-6-24(7-9(2)27-8)14(26)13(25)23-12-4-10(15(17,18)19)3-11(5-12)16(20,21)22/h3-5,8-9H,6-7H2,1-2H3,(H,23,25)/t8-,9-/m1/s1. The van der Waals surface area contributed by atoms with Crippen molar-refractivity contribution >= 4 is 17.5 Å². The van der Waals surface area contributed by atoms with E-state index in [-0.39, 0.29) is 31.4 Å². The molecule has 0 aliphatic carbocycles. The Kier molecular flexibility index (Phi) is 5.74. The van der Waals surface area contributed by atoms with E-state index in [1.165, 1.54) is 0 Å². The molecule has 1 aromatic rings. The number of anilines is 1. The SMILES string of the molecule is C[C@@H]1CN(C(=O)C(=O)Nc2cc(C(F)(F)F)cc(C(F)(F)F)c2)C[C@@H](C)O1. The monoisotopic (exact) mass is 398 g/mol. The van der Waals surface area contributed by atoms with Crippen LogP contribution in [0.4, 0.5) is 32.0 Å². The van der Waals surface area contributed by atoms with E-state index in [0.29, 0.717) is 12.1 Å². The van der Waals surface area contributed by atoms with E-state index in [2.05, 4.69) is 0 Å². The number of carbonyl (C=O) groups is 2. The minimum absolute atomic E-state index is 0.0667. The molecule has 0 spiro atoms. The Morgan fingerprint density at radius 3 is 1.81 bits per heavy atom. The van der Waals surface area contributed by atoms with Gasteiger partial charge in [0.2, 0.25) is 0 Å². The van der Waals surface area contributed by atoms with Crippen molar-refractivity contribution in [1.29, 1.82) is 0 Å². The van der Waals surface area contributed by atoms with Crippen LogP contribution < -0.4 is 5.32 Å². The minimum atomic E-state index is -5.06. The van der Waals surface area contributed by atoms with Crippen molar-refractivity contribution in [2.75, 3.05) is 18.4 Å². The van der Waals surface area contributed by atoms with E-state index in [1.54, 1.807) is 13.8 Å². The third kappa shape index (κ3) is 5.34. The summed E-state index contributed by atoms with van der Waals surface area (Å²) in [5.74, 6) is -2.40. The molecule has 0 saturated carbocycles. The number of nitrogens with one attached hydrogen (secondary N) is 1. The number of halogens is 6. The van der Waals surface area contributed by atoms with Gasteiger partial charge in [0.25, 0.3) is 0 Å². The average Bonchev–Trinajstić information content (AvgIpc) is 2.51. The summed E-state index contributed by atoms with van der Waals surface area (Å²) in [5.41, 5.74) is -3.95. The second-order valence-corrected chi connectivity index (χ2v) is 6.22. The third-order valence-electron chi connectivity index (χ3n) is 3.75. The van der Waals surface area contributed by atoms with Crippen LogP contribution in [0.2, 0.25) is 0 Å². The third-order valence-corrected chi connectivity index (χ3v) is 3.75. The van der Waals surface area contributed by atoms with Crippen LogP contribution >= 0.6 is 0 Å². The van der Waals surface area contributed by atoms with E-state index in [4.69, 9.17) is 4.74 Å². The second kappa shape index (κ2) is 7.37. The number of rotatable bonds is 1. The molecule has 27 heavy (non-hydrogen) atoms. The molecule has 1 aliphatic rings. The van der Waals surface area contributed by atoms with E-state index in [9.17, 15) is 35.9 Å². The van der Waals surface area contributed by atoms with Crippen molar-refractivity contribution in [1.82, 2.24) is 4.90 Å². The maximum atomic E-state index is 12.8. The predicted molar refractivity (Wildman–Crippen MR) is 81.7 cm³/mol. The van der Waals surface area contributed by atoms with E-state index in [1.807, 2.05) is 5.32 Å². The van der Waals surface area contributed by atoms with Gasteiger partial charge in [-0.2, -0.15) is 26.3 Å². The lowest BCUT2D eigenvalue weighted by molar-refractivity contribution is -0.151. The van der Waals surface area contributed by atoms with Crippen molar-refractivity contribution in [3.05, 3.63) is 29.3 Å². The largest absolute Gasteiger partial charge is 0.416 e. The molecule has 2 amide bonds. The number of amides is 2. The number of hydrogen-bond donors (Lipinski definition) is 1. The zero-order valence-corrected chi connectivity index (χ0v) is 14.2. The first-order valence-electron chi connectivity index (χ1n) is 7.82. The van der Waals surface area contributed by atoms with Gasteiger partial charge < -0.3 is 15.0 Å². The number of hydrogen-bond acceptors (Lipinski definition) is 3. The van der Waals surface area contributed by atoms with Gasteiger partial charge >= 0.3 is 24.2 Å². The van der Waals surface area contributed by atoms with Gasteiger partial charge in [0.15, 0.2) is 0 Å². The van der Waals surface area contributed by atoms with Crippen LogP contribution in [0.15, 0.2) is 18.2 Å². The number of benzene rings is 1. The molecule has 1 saturated heterocycles. The van der Waals surface area contributed by atoms with Crippen molar-refractivity contribution in [2.45, 2.75) is 38.4 Å². The van der Waals surface area contributed by atoms with E-state index < -0.39 is 41.0 Å². The van der Waals surface area contributed by atoms with Crippen LogP contribution in [0.5, 0.6) is 0 Å². The second-order valence-electron chi connectivity index (χ2n) is 6.22. The van der Waals surface area contributed by atoms with Crippen LogP contribution in [0, 0.1) is 0 Å². The summed E-state index contributed by atoms with van der Waals surface area (Å²) in [6.45, 7) is 3.48. The molecule has 1 aliphatic heterocycles. The Balaban J connectivity index is 2.25. The first-order chi connectivity index (χ1) is 12.3.